The van der Waals surface area contributed by atoms with Crippen LogP contribution in [0.1, 0.15) is 5.56 Å². The number of hydrogen-bond donors (Lipinski definition) is 0. The standard InChI is InChI=1S/C18H12Cl4N2O2S/c1-25-16-8-23-18(27-9-10-2-3-14(21)15(22)4-10)24-17(16)26-13-6-11(19)5-12(20)7-13/h2-8H,9H2,1H3. The molecular weight excluding hydrogens is 450 g/mol. The number of ether oxygens (including phenoxy) is 2. The molecular formula is C18H12Cl4N2O2S. The molecule has 3 aromatic rings. The molecule has 0 aliphatic rings. The molecule has 0 saturated carbocycles. The van der Waals surface area contributed by atoms with Gasteiger partial charge in [-0.3, -0.25) is 0 Å². The highest BCUT2D eigenvalue weighted by Crippen LogP contribution is 2.34. The lowest BCUT2D eigenvalue weighted by Crippen LogP contribution is -1.97. The molecule has 0 saturated heterocycles. The second-order valence-electron chi connectivity index (χ2n) is 5.27. The summed E-state index contributed by atoms with van der Waals surface area (Å²) in [5, 5.41) is 2.46. The highest BCUT2D eigenvalue weighted by molar-refractivity contribution is 7.98. The summed E-state index contributed by atoms with van der Waals surface area (Å²) in [4.78, 5) is 8.69. The fourth-order valence-corrected chi connectivity index (χ4v) is 3.68. The zero-order valence-electron chi connectivity index (χ0n) is 13.9. The Kier molecular flexibility index (Phi) is 6.95. The van der Waals surface area contributed by atoms with E-state index in [1.807, 2.05) is 12.1 Å². The number of aromatic nitrogens is 2. The van der Waals surface area contributed by atoms with Crippen LogP contribution in [0.2, 0.25) is 20.1 Å². The molecule has 0 radical (unpaired) electrons. The Morgan fingerprint density at radius 3 is 2.37 bits per heavy atom. The lowest BCUT2D eigenvalue weighted by Gasteiger charge is -2.11. The first-order valence-electron chi connectivity index (χ1n) is 7.56. The summed E-state index contributed by atoms with van der Waals surface area (Å²) in [6.45, 7) is 0. The molecule has 0 amide bonds. The van der Waals surface area contributed by atoms with E-state index in [2.05, 4.69) is 9.97 Å². The molecule has 0 unspecified atom stereocenters. The van der Waals surface area contributed by atoms with Gasteiger partial charge in [-0.15, -0.1) is 0 Å². The molecule has 1 aromatic heterocycles. The number of halogens is 4. The first kappa shape index (κ1) is 20.4. The quantitative estimate of drug-likeness (QED) is 0.287. The van der Waals surface area contributed by atoms with Crippen LogP contribution in [-0.2, 0) is 5.75 Å². The zero-order valence-corrected chi connectivity index (χ0v) is 17.7. The largest absolute Gasteiger partial charge is 0.490 e. The van der Waals surface area contributed by atoms with Crippen molar-refractivity contribution in [2.45, 2.75) is 10.9 Å². The van der Waals surface area contributed by atoms with E-state index >= 15 is 0 Å². The molecule has 0 atom stereocenters. The minimum atomic E-state index is 0.266. The minimum Gasteiger partial charge on any atom is -0.490 e. The maximum absolute atomic E-state index is 6.05. The van der Waals surface area contributed by atoms with E-state index < -0.39 is 0 Å². The fourth-order valence-electron chi connectivity index (χ4n) is 2.10. The van der Waals surface area contributed by atoms with Gasteiger partial charge in [-0.1, -0.05) is 64.2 Å². The van der Waals surface area contributed by atoms with Crippen molar-refractivity contribution in [2.24, 2.45) is 0 Å². The van der Waals surface area contributed by atoms with E-state index in [1.165, 1.54) is 18.9 Å². The van der Waals surface area contributed by atoms with Crippen LogP contribution in [0.5, 0.6) is 17.4 Å². The van der Waals surface area contributed by atoms with E-state index in [-0.39, 0.29) is 5.88 Å². The second-order valence-corrected chi connectivity index (χ2v) is 7.90. The predicted octanol–water partition coefficient (Wildman–Crippen LogP) is 7.18. The van der Waals surface area contributed by atoms with Crippen LogP contribution in [0.15, 0.2) is 47.8 Å². The van der Waals surface area contributed by atoms with Gasteiger partial charge in [0.25, 0.3) is 5.88 Å². The molecule has 1 heterocycles. The number of methoxy groups -OCH3 is 1. The Balaban J connectivity index is 1.79. The smallest absolute Gasteiger partial charge is 0.266 e. The molecule has 0 N–H and O–H groups in total. The normalized spacial score (nSPS) is 10.7. The van der Waals surface area contributed by atoms with Gasteiger partial charge in [-0.05, 0) is 35.9 Å². The number of hydrogen-bond acceptors (Lipinski definition) is 5. The van der Waals surface area contributed by atoms with Gasteiger partial charge in [0.05, 0.1) is 23.4 Å². The van der Waals surface area contributed by atoms with Crippen molar-refractivity contribution in [3.8, 4) is 17.4 Å². The molecule has 140 valence electrons. The van der Waals surface area contributed by atoms with E-state index in [4.69, 9.17) is 55.9 Å². The predicted molar refractivity (Wildman–Crippen MR) is 111 cm³/mol. The van der Waals surface area contributed by atoms with Gasteiger partial charge >= 0.3 is 0 Å². The number of rotatable bonds is 6. The molecule has 0 bridgehead atoms. The van der Waals surface area contributed by atoms with Gasteiger partial charge in [0.1, 0.15) is 5.75 Å². The van der Waals surface area contributed by atoms with Crippen LogP contribution >= 0.6 is 58.2 Å². The molecule has 2 aromatic carbocycles. The highest BCUT2D eigenvalue weighted by atomic mass is 35.5. The van der Waals surface area contributed by atoms with E-state index in [1.54, 1.807) is 30.5 Å². The molecule has 9 heteroatoms. The van der Waals surface area contributed by atoms with Crippen molar-refractivity contribution < 1.29 is 9.47 Å². The zero-order chi connectivity index (χ0) is 19.4. The van der Waals surface area contributed by atoms with Gasteiger partial charge < -0.3 is 9.47 Å². The van der Waals surface area contributed by atoms with Crippen LogP contribution in [0, 0.1) is 0 Å². The van der Waals surface area contributed by atoms with Crippen molar-refractivity contribution in [3.05, 3.63) is 68.2 Å². The Morgan fingerprint density at radius 1 is 0.963 bits per heavy atom. The molecule has 4 nitrogen and oxygen atoms in total. The Morgan fingerprint density at radius 2 is 1.70 bits per heavy atom. The Hall–Kier alpha value is -1.37. The van der Waals surface area contributed by atoms with Crippen LogP contribution in [0.25, 0.3) is 0 Å². The number of nitrogens with zero attached hydrogens (tertiary/aromatic N) is 2. The van der Waals surface area contributed by atoms with Gasteiger partial charge in [0.15, 0.2) is 10.9 Å². The average Bonchev–Trinajstić information content (AvgIpc) is 2.62. The monoisotopic (exact) mass is 460 g/mol. The third-order valence-corrected chi connectivity index (χ3v) is 5.43. The van der Waals surface area contributed by atoms with Crippen molar-refractivity contribution in [1.29, 1.82) is 0 Å². The van der Waals surface area contributed by atoms with Gasteiger partial charge in [0.2, 0.25) is 0 Å². The van der Waals surface area contributed by atoms with Crippen LogP contribution in [-0.4, -0.2) is 17.1 Å². The molecule has 27 heavy (non-hydrogen) atoms. The Bertz CT molecular complexity index is 952. The summed E-state index contributed by atoms with van der Waals surface area (Å²) in [5.74, 6) is 1.73. The lowest BCUT2D eigenvalue weighted by atomic mass is 10.2. The summed E-state index contributed by atoms with van der Waals surface area (Å²) in [6, 6.07) is 10.4. The maximum Gasteiger partial charge on any atom is 0.266 e. The second kappa shape index (κ2) is 9.22. The molecule has 3 rings (SSSR count). The first-order chi connectivity index (χ1) is 12.9. The van der Waals surface area contributed by atoms with Crippen LogP contribution in [0.4, 0.5) is 0 Å². The van der Waals surface area contributed by atoms with Crippen molar-refractivity contribution >= 4 is 58.2 Å². The topological polar surface area (TPSA) is 44.2 Å². The van der Waals surface area contributed by atoms with Crippen LogP contribution < -0.4 is 9.47 Å². The summed E-state index contributed by atoms with van der Waals surface area (Å²) in [7, 11) is 1.51. The maximum atomic E-state index is 6.05. The van der Waals surface area contributed by atoms with Gasteiger partial charge in [0, 0.05) is 15.8 Å². The Labute approximate surface area is 180 Å². The highest BCUT2D eigenvalue weighted by Gasteiger charge is 2.12. The third-order valence-electron chi connectivity index (χ3n) is 3.32. The third kappa shape index (κ3) is 5.56. The molecule has 0 fully saturated rings. The van der Waals surface area contributed by atoms with Crippen molar-refractivity contribution in [1.82, 2.24) is 9.97 Å². The summed E-state index contributed by atoms with van der Waals surface area (Å²) < 4.78 is 11.1. The SMILES string of the molecule is COc1cnc(SCc2ccc(Cl)c(Cl)c2)nc1Oc1cc(Cl)cc(Cl)c1. The first-order valence-corrected chi connectivity index (χ1v) is 10.1. The molecule has 0 spiro atoms. The van der Waals surface area contributed by atoms with Gasteiger partial charge in [-0.25, -0.2) is 4.98 Å². The van der Waals surface area contributed by atoms with E-state index in [0.29, 0.717) is 42.5 Å². The summed E-state index contributed by atoms with van der Waals surface area (Å²) >= 11 is 25.4. The minimum absolute atomic E-state index is 0.266. The average molecular weight is 462 g/mol. The number of benzene rings is 2. The summed E-state index contributed by atoms with van der Waals surface area (Å²) in [5.41, 5.74) is 0.998. The molecule has 0 aliphatic heterocycles. The van der Waals surface area contributed by atoms with Crippen molar-refractivity contribution in [3.63, 3.8) is 0 Å². The fraction of sp³-hybridized carbons (Fsp3) is 0.111. The van der Waals surface area contributed by atoms with E-state index in [0.717, 1.165) is 5.56 Å². The number of thioether (sulfide) groups is 1. The van der Waals surface area contributed by atoms with Gasteiger partial charge in [-0.2, -0.15) is 4.98 Å². The van der Waals surface area contributed by atoms with Crippen molar-refractivity contribution in [2.75, 3.05) is 7.11 Å². The lowest BCUT2D eigenvalue weighted by molar-refractivity contribution is 0.363. The van der Waals surface area contributed by atoms with E-state index in [9.17, 15) is 0 Å². The van der Waals surface area contributed by atoms with Crippen LogP contribution in [0.3, 0.4) is 0 Å². The summed E-state index contributed by atoms with van der Waals surface area (Å²) in [6.07, 6.45) is 1.55. The molecule has 0 aliphatic carbocycles.